The Hall–Kier alpha value is -1.59. The van der Waals surface area contributed by atoms with E-state index in [9.17, 15) is 4.79 Å². The summed E-state index contributed by atoms with van der Waals surface area (Å²) in [5.74, 6) is 5.40. The molecule has 0 unspecified atom stereocenters. The zero-order valence-electron chi connectivity index (χ0n) is 12.1. The number of nitrogens with one attached hydrogen (secondary N) is 1. The summed E-state index contributed by atoms with van der Waals surface area (Å²) in [6.45, 7) is 7.03. The molecule has 0 aliphatic rings. The van der Waals surface area contributed by atoms with Crippen LogP contribution in [0.25, 0.3) is 0 Å². The lowest BCUT2D eigenvalue weighted by atomic mass is 10.1. The van der Waals surface area contributed by atoms with Crippen LogP contribution in [0.5, 0.6) is 0 Å². The number of anilines is 1. The van der Waals surface area contributed by atoms with Gasteiger partial charge in [-0.25, -0.2) is 0 Å². The van der Waals surface area contributed by atoms with E-state index in [1.807, 2.05) is 32.9 Å². The van der Waals surface area contributed by atoms with Gasteiger partial charge in [0.25, 0.3) is 5.91 Å². The number of nitrogens with two attached hydrogens (primary N) is 1. The molecule has 1 aromatic rings. The third-order valence-electron chi connectivity index (χ3n) is 3.05. The Morgan fingerprint density at radius 1 is 1.47 bits per heavy atom. The quantitative estimate of drug-likeness (QED) is 0.607. The summed E-state index contributed by atoms with van der Waals surface area (Å²) in [4.78, 5) is 14.3. The molecule has 5 nitrogen and oxygen atoms in total. The lowest BCUT2D eigenvalue weighted by molar-refractivity contribution is 0.0635. The van der Waals surface area contributed by atoms with E-state index < -0.39 is 0 Å². The molecule has 0 saturated carbocycles. The van der Waals surface area contributed by atoms with Gasteiger partial charge < -0.3 is 15.1 Å². The number of methoxy groups -OCH3 is 1. The third kappa shape index (κ3) is 3.94. The minimum Gasteiger partial charge on any atom is -0.383 e. The third-order valence-corrected chi connectivity index (χ3v) is 3.05. The molecule has 0 atom stereocenters. The second-order valence-corrected chi connectivity index (χ2v) is 4.76. The van der Waals surface area contributed by atoms with E-state index >= 15 is 0 Å². The molecular formula is C14H23N3O2. The molecule has 0 fully saturated rings. The van der Waals surface area contributed by atoms with Gasteiger partial charge in [0.05, 0.1) is 12.3 Å². The average Bonchev–Trinajstić information content (AvgIpc) is 2.38. The van der Waals surface area contributed by atoms with Crippen molar-refractivity contribution < 1.29 is 9.53 Å². The van der Waals surface area contributed by atoms with Gasteiger partial charge in [0, 0.05) is 25.3 Å². The van der Waals surface area contributed by atoms with Crippen molar-refractivity contribution in [1.29, 1.82) is 0 Å². The van der Waals surface area contributed by atoms with Gasteiger partial charge in [-0.1, -0.05) is 0 Å². The molecule has 1 amide bonds. The first kappa shape index (κ1) is 15.5. The molecule has 1 aromatic carbocycles. The molecule has 5 heteroatoms. The van der Waals surface area contributed by atoms with Crippen LogP contribution in [0, 0.1) is 6.92 Å². The van der Waals surface area contributed by atoms with Gasteiger partial charge in [0.2, 0.25) is 0 Å². The van der Waals surface area contributed by atoms with Crippen LogP contribution < -0.4 is 11.3 Å². The lowest BCUT2D eigenvalue weighted by Crippen LogP contribution is -2.39. The highest BCUT2D eigenvalue weighted by molar-refractivity contribution is 5.95. The summed E-state index contributed by atoms with van der Waals surface area (Å²) in [6, 6.07) is 5.58. The van der Waals surface area contributed by atoms with E-state index in [-0.39, 0.29) is 11.9 Å². The summed E-state index contributed by atoms with van der Waals surface area (Å²) < 4.78 is 5.05. The smallest absolute Gasteiger partial charge is 0.254 e. The van der Waals surface area contributed by atoms with E-state index in [1.54, 1.807) is 18.1 Å². The Bertz CT molecular complexity index is 433. The first-order valence-corrected chi connectivity index (χ1v) is 6.38. The molecule has 1 rings (SSSR count). The van der Waals surface area contributed by atoms with E-state index in [1.165, 1.54) is 0 Å². The highest BCUT2D eigenvalue weighted by Crippen LogP contribution is 2.17. The summed E-state index contributed by atoms with van der Waals surface area (Å²) in [6.07, 6.45) is 0. The van der Waals surface area contributed by atoms with Crippen molar-refractivity contribution >= 4 is 11.6 Å². The number of aryl methyl sites for hydroxylation is 1. The molecule has 0 radical (unpaired) electrons. The topological polar surface area (TPSA) is 67.6 Å². The van der Waals surface area contributed by atoms with Crippen molar-refractivity contribution in [3.8, 4) is 0 Å². The van der Waals surface area contributed by atoms with Gasteiger partial charge in [0.15, 0.2) is 0 Å². The number of hydrazine groups is 1. The molecule has 0 aromatic heterocycles. The Balaban J connectivity index is 2.93. The van der Waals surface area contributed by atoms with Crippen LogP contribution in [-0.4, -0.2) is 37.1 Å². The molecule has 3 N–H and O–H groups in total. The molecule has 0 aliphatic carbocycles. The Morgan fingerprint density at radius 3 is 2.63 bits per heavy atom. The maximum absolute atomic E-state index is 12.5. The Morgan fingerprint density at radius 2 is 2.16 bits per heavy atom. The fraction of sp³-hybridized carbons (Fsp3) is 0.500. The van der Waals surface area contributed by atoms with Crippen molar-refractivity contribution in [2.45, 2.75) is 26.8 Å². The molecular weight excluding hydrogens is 242 g/mol. The zero-order valence-corrected chi connectivity index (χ0v) is 12.1. The van der Waals surface area contributed by atoms with Gasteiger partial charge in [-0.2, -0.15) is 0 Å². The monoisotopic (exact) mass is 265 g/mol. The number of ether oxygens (including phenoxy) is 1. The Labute approximate surface area is 114 Å². The average molecular weight is 265 g/mol. The van der Waals surface area contributed by atoms with Crippen molar-refractivity contribution in [3.63, 3.8) is 0 Å². The molecule has 0 bridgehead atoms. The van der Waals surface area contributed by atoms with E-state index in [2.05, 4.69) is 5.43 Å². The number of hydrogen-bond donors (Lipinski definition) is 2. The van der Waals surface area contributed by atoms with Gasteiger partial charge in [-0.15, -0.1) is 0 Å². The van der Waals surface area contributed by atoms with Crippen LogP contribution in [0.2, 0.25) is 0 Å². The van der Waals surface area contributed by atoms with Gasteiger partial charge in [-0.3, -0.25) is 10.6 Å². The van der Waals surface area contributed by atoms with E-state index in [0.29, 0.717) is 18.7 Å². The van der Waals surface area contributed by atoms with Crippen molar-refractivity contribution in [3.05, 3.63) is 29.3 Å². The number of nitrogen functional groups attached to an aromatic ring is 1. The van der Waals surface area contributed by atoms with Gasteiger partial charge >= 0.3 is 0 Å². The van der Waals surface area contributed by atoms with E-state index in [0.717, 1.165) is 11.3 Å². The molecule has 0 heterocycles. The first-order valence-electron chi connectivity index (χ1n) is 6.38. The molecule has 0 spiro atoms. The largest absolute Gasteiger partial charge is 0.383 e. The van der Waals surface area contributed by atoms with Crippen LogP contribution in [0.4, 0.5) is 5.69 Å². The number of hydrogen-bond acceptors (Lipinski definition) is 4. The first-order chi connectivity index (χ1) is 9.01. The van der Waals surface area contributed by atoms with Crippen LogP contribution in [0.3, 0.4) is 0 Å². The summed E-state index contributed by atoms with van der Waals surface area (Å²) in [5.41, 5.74) is 5.04. The molecule has 106 valence electrons. The minimum absolute atomic E-state index is 0.0127. The number of carbonyl (C=O) groups is 1. The number of rotatable bonds is 6. The van der Waals surface area contributed by atoms with Crippen molar-refractivity contribution in [1.82, 2.24) is 4.90 Å². The van der Waals surface area contributed by atoms with Gasteiger partial charge in [-0.05, 0) is 44.5 Å². The van der Waals surface area contributed by atoms with E-state index in [4.69, 9.17) is 10.6 Å². The fourth-order valence-electron chi connectivity index (χ4n) is 1.91. The standard InChI is InChI=1S/C14H23N3O2/c1-10(2)17(7-8-19-4)14(18)12-5-6-13(16-15)11(3)9-12/h5-6,9-10,16H,7-8,15H2,1-4H3. The predicted octanol–water partition coefficient (Wildman–Crippen LogP) is 1.78. The maximum atomic E-state index is 12.5. The fourth-order valence-corrected chi connectivity index (χ4v) is 1.91. The highest BCUT2D eigenvalue weighted by Gasteiger charge is 2.18. The van der Waals surface area contributed by atoms with Crippen molar-refractivity contribution in [2.24, 2.45) is 5.84 Å². The normalized spacial score (nSPS) is 10.6. The van der Waals surface area contributed by atoms with Crippen LogP contribution in [0.15, 0.2) is 18.2 Å². The number of nitrogens with zero attached hydrogens (tertiary/aromatic N) is 1. The second kappa shape index (κ2) is 7.11. The van der Waals surface area contributed by atoms with Crippen LogP contribution in [0.1, 0.15) is 29.8 Å². The van der Waals surface area contributed by atoms with Crippen LogP contribution in [-0.2, 0) is 4.74 Å². The predicted molar refractivity (Wildman–Crippen MR) is 77.0 cm³/mol. The Kier molecular flexibility index (Phi) is 5.79. The van der Waals surface area contributed by atoms with Gasteiger partial charge in [0.1, 0.15) is 0 Å². The summed E-state index contributed by atoms with van der Waals surface area (Å²) in [7, 11) is 1.63. The summed E-state index contributed by atoms with van der Waals surface area (Å²) in [5, 5.41) is 0. The molecule has 0 saturated heterocycles. The molecule has 19 heavy (non-hydrogen) atoms. The maximum Gasteiger partial charge on any atom is 0.254 e. The number of amides is 1. The minimum atomic E-state index is 0.0127. The van der Waals surface area contributed by atoms with Crippen molar-refractivity contribution in [2.75, 3.05) is 25.7 Å². The SMILES string of the molecule is COCCN(C(=O)c1ccc(NN)c(C)c1)C(C)C. The zero-order chi connectivity index (χ0) is 14.4. The molecule has 0 aliphatic heterocycles. The number of carbonyl (C=O) groups excluding carboxylic acids is 1. The second-order valence-electron chi connectivity index (χ2n) is 4.76. The summed E-state index contributed by atoms with van der Waals surface area (Å²) >= 11 is 0. The van der Waals surface area contributed by atoms with Crippen LogP contribution >= 0.6 is 0 Å². The number of benzene rings is 1. The lowest BCUT2D eigenvalue weighted by Gasteiger charge is -2.26. The highest BCUT2D eigenvalue weighted by atomic mass is 16.5.